The monoisotopic (exact) mass is 696 g/mol. The van der Waals surface area contributed by atoms with E-state index >= 15 is 0 Å². The van der Waals surface area contributed by atoms with Crippen LogP contribution in [0.3, 0.4) is 0 Å². The molecule has 4 rings (SSSR count). The topological polar surface area (TPSA) is 109 Å². The zero-order valence-electron chi connectivity index (χ0n) is 26.5. The van der Waals surface area contributed by atoms with Crippen LogP contribution in [0.1, 0.15) is 50.8 Å². The van der Waals surface area contributed by atoms with E-state index < -0.39 is 40.8 Å². The molecular formula is C33H36ClF3N2O7S. The number of ether oxygens (including phenoxy) is 4. The average Bonchev–Trinajstić information content (AvgIpc) is 3.39. The molecule has 0 bridgehead atoms. The Morgan fingerprint density at radius 2 is 1.81 bits per heavy atom. The van der Waals surface area contributed by atoms with Crippen LogP contribution in [0.5, 0.6) is 17.2 Å². The van der Waals surface area contributed by atoms with Crippen molar-refractivity contribution in [2.24, 2.45) is 0 Å². The maximum atomic E-state index is 14.4. The predicted octanol–water partition coefficient (Wildman–Crippen LogP) is 7.23. The number of halogens is 4. The van der Waals surface area contributed by atoms with Crippen LogP contribution in [0.25, 0.3) is 0 Å². The van der Waals surface area contributed by atoms with Gasteiger partial charge in [0.1, 0.15) is 35.1 Å². The summed E-state index contributed by atoms with van der Waals surface area (Å²) in [4.78, 5) is 28.5. The van der Waals surface area contributed by atoms with Crippen LogP contribution in [0, 0.1) is 0 Å². The first-order valence-electron chi connectivity index (χ1n) is 14.7. The number of hydrogen-bond acceptors (Lipinski definition) is 8. The zero-order valence-corrected chi connectivity index (χ0v) is 28.1. The molecule has 254 valence electrons. The number of benzene rings is 3. The van der Waals surface area contributed by atoms with Crippen molar-refractivity contribution in [2.75, 3.05) is 36.7 Å². The molecule has 1 amide bonds. The van der Waals surface area contributed by atoms with Crippen LogP contribution in [-0.2, 0) is 31.9 Å². The second-order valence-corrected chi connectivity index (χ2v) is 13.5. The minimum Gasteiger partial charge on any atom is -0.612 e. The van der Waals surface area contributed by atoms with Gasteiger partial charge in [0.2, 0.25) is 0 Å². The lowest BCUT2D eigenvalue weighted by molar-refractivity contribution is -0.274. The molecule has 47 heavy (non-hydrogen) atoms. The quantitative estimate of drug-likeness (QED) is 0.120. The van der Waals surface area contributed by atoms with Gasteiger partial charge in [-0.2, -0.15) is 0 Å². The van der Waals surface area contributed by atoms with E-state index in [1.165, 1.54) is 42.5 Å². The lowest BCUT2D eigenvalue weighted by Gasteiger charge is -2.28. The molecule has 0 fully saturated rings. The van der Waals surface area contributed by atoms with Crippen LogP contribution in [0.4, 0.5) is 24.5 Å². The zero-order chi connectivity index (χ0) is 34.5. The van der Waals surface area contributed by atoms with Gasteiger partial charge >= 0.3 is 12.3 Å². The second-order valence-electron chi connectivity index (χ2n) is 11.7. The van der Waals surface area contributed by atoms with Gasteiger partial charge in [0.15, 0.2) is 4.90 Å². The van der Waals surface area contributed by atoms with Gasteiger partial charge in [-0.3, -0.25) is 9.59 Å². The molecule has 0 aliphatic carbocycles. The van der Waals surface area contributed by atoms with Crippen LogP contribution in [-0.4, -0.2) is 54.9 Å². The molecule has 2 atom stereocenters. The third-order valence-electron chi connectivity index (χ3n) is 6.95. The number of methoxy groups -OCH3 is 1. The molecular weight excluding hydrogens is 661 g/mol. The number of nitrogens with one attached hydrogen (secondary N) is 1. The van der Waals surface area contributed by atoms with Crippen molar-refractivity contribution >= 4 is 46.0 Å². The summed E-state index contributed by atoms with van der Waals surface area (Å²) < 4.78 is 72.4. The maximum absolute atomic E-state index is 14.4. The number of carbonyl (C=O) groups excluding carboxylic acids is 2. The largest absolute Gasteiger partial charge is 0.612 e. The number of hydrogen-bond donors (Lipinski definition) is 1. The Bertz CT molecular complexity index is 1600. The molecule has 1 aliphatic rings. The fraction of sp³-hybridized carbons (Fsp3) is 0.394. The van der Waals surface area contributed by atoms with Crippen molar-refractivity contribution in [3.63, 3.8) is 0 Å². The number of anilines is 2. The normalized spacial score (nSPS) is 14.2. The van der Waals surface area contributed by atoms with Gasteiger partial charge in [-0.25, -0.2) is 0 Å². The number of esters is 1. The number of alkyl halides is 3. The number of nitrogens with zero attached hydrogens (tertiary/aromatic N) is 1. The molecule has 1 heterocycles. The average molecular weight is 697 g/mol. The summed E-state index contributed by atoms with van der Waals surface area (Å²) in [5.41, 5.74) is 1.09. The van der Waals surface area contributed by atoms with Gasteiger partial charge in [-0.15, -0.1) is 13.2 Å². The summed E-state index contributed by atoms with van der Waals surface area (Å²) in [5, 5.41) is 3.53. The predicted molar refractivity (Wildman–Crippen MR) is 173 cm³/mol. The van der Waals surface area contributed by atoms with Crippen molar-refractivity contribution in [1.29, 1.82) is 0 Å². The van der Waals surface area contributed by atoms with E-state index in [1.807, 2.05) is 0 Å². The van der Waals surface area contributed by atoms with E-state index in [4.69, 9.17) is 25.8 Å². The van der Waals surface area contributed by atoms with Gasteiger partial charge in [0, 0.05) is 53.5 Å². The first-order chi connectivity index (χ1) is 22.0. The van der Waals surface area contributed by atoms with Crippen LogP contribution in [0.2, 0.25) is 5.02 Å². The van der Waals surface area contributed by atoms with E-state index in [9.17, 15) is 27.3 Å². The van der Waals surface area contributed by atoms with E-state index in [-0.39, 0.29) is 37.0 Å². The fourth-order valence-corrected chi connectivity index (χ4v) is 5.72. The molecule has 0 radical (unpaired) electrons. The molecule has 3 aromatic rings. The lowest BCUT2D eigenvalue weighted by Crippen LogP contribution is -2.37. The Morgan fingerprint density at radius 1 is 1.06 bits per heavy atom. The Kier molecular flexibility index (Phi) is 11.5. The van der Waals surface area contributed by atoms with E-state index in [0.29, 0.717) is 45.3 Å². The van der Waals surface area contributed by atoms with Gasteiger partial charge in [-0.1, -0.05) is 23.7 Å². The first kappa shape index (κ1) is 36.0. The first-order valence-corrected chi connectivity index (χ1v) is 16.6. The van der Waals surface area contributed by atoms with Crippen LogP contribution in [0.15, 0.2) is 59.5 Å². The third kappa shape index (κ3) is 10.1. The van der Waals surface area contributed by atoms with Crippen molar-refractivity contribution in [2.45, 2.75) is 62.9 Å². The highest BCUT2D eigenvalue weighted by atomic mass is 35.5. The van der Waals surface area contributed by atoms with Crippen molar-refractivity contribution in [1.82, 2.24) is 0 Å². The SMILES string of the molecule is COc1cc(NC(C(=O)N2CCc3ccc(OC(F)(F)F)cc32)c2ccc(Cl)cc2OCCCC(=O)OC(C)(C)C)cc([S+](C)[O-])c1. The highest BCUT2D eigenvalue weighted by Gasteiger charge is 2.36. The van der Waals surface area contributed by atoms with Gasteiger partial charge in [-0.05, 0) is 68.6 Å². The molecule has 2 unspecified atom stereocenters. The maximum Gasteiger partial charge on any atom is 0.573 e. The molecule has 0 aromatic heterocycles. The summed E-state index contributed by atoms with van der Waals surface area (Å²) in [6.07, 6.45) is -2.58. The van der Waals surface area contributed by atoms with Gasteiger partial charge < -0.3 is 33.7 Å². The second kappa shape index (κ2) is 15.0. The van der Waals surface area contributed by atoms with Crippen LogP contribution < -0.4 is 24.4 Å². The van der Waals surface area contributed by atoms with Crippen LogP contribution >= 0.6 is 11.6 Å². The Labute approximate surface area is 279 Å². The molecule has 1 N–H and O–H groups in total. The van der Waals surface area contributed by atoms with Crippen molar-refractivity contribution in [3.05, 3.63) is 70.7 Å². The summed E-state index contributed by atoms with van der Waals surface area (Å²) in [5.74, 6) is -0.699. The minimum absolute atomic E-state index is 0.0936. The highest BCUT2D eigenvalue weighted by molar-refractivity contribution is 7.90. The lowest BCUT2D eigenvalue weighted by atomic mass is 10.0. The van der Waals surface area contributed by atoms with Crippen molar-refractivity contribution in [3.8, 4) is 17.2 Å². The number of carbonyl (C=O) groups is 2. The Hall–Kier alpha value is -3.81. The number of amides is 1. The third-order valence-corrected chi connectivity index (χ3v) is 8.08. The number of rotatable bonds is 12. The Morgan fingerprint density at radius 3 is 2.47 bits per heavy atom. The highest BCUT2D eigenvalue weighted by Crippen LogP contribution is 2.39. The fourth-order valence-electron chi connectivity index (χ4n) is 4.98. The molecule has 14 heteroatoms. The van der Waals surface area contributed by atoms with E-state index in [1.54, 1.807) is 51.1 Å². The van der Waals surface area contributed by atoms with Gasteiger partial charge in [0.25, 0.3) is 5.91 Å². The number of fused-ring (bicyclic) bond motifs is 1. The van der Waals surface area contributed by atoms with E-state index in [0.717, 1.165) is 0 Å². The molecule has 9 nitrogen and oxygen atoms in total. The standard InChI is InChI=1S/C33H36ClF3N2O7S/c1-32(2,3)46-29(40)7-6-14-44-28-15-21(34)9-11-26(28)30(38-22-16-24(43-4)18-25(17-22)47(5)42)31(41)39-13-12-20-8-10-23(19-27(20)39)45-33(35,36)37/h8-11,15-19,30,38H,6-7,12-14H2,1-5H3. The van der Waals surface area contributed by atoms with Crippen molar-refractivity contribution < 1.29 is 46.3 Å². The molecule has 0 saturated heterocycles. The molecule has 1 aliphatic heterocycles. The smallest absolute Gasteiger partial charge is 0.573 e. The summed E-state index contributed by atoms with van der Waals surface area (Å²) >= 11 is 4.94. The summed E-state index contributed by atoms with van der Waals surface area (Å²) in [6, 6.07) is 12.3. The Balaban J connectivity index is 1.70. The summed E-state index contributed by atoms with van der Waals surface area (Å²) in [7, 11) is 1.45. The molecule has 0 spiro atoms. The minimum atomic E-state index is -4.91. The molecule has 0 saturated carbocycles. The molecule has 3 aromatic carbocycles. The summed E-state index contributed by atoms with van der Waals surface area (Å²) in [6.45, 7) is 5.61. The van der Waals surface area contributed by atoms with Gasteiger partial charge in [0.05, 0.1) is 19.4 Å². The van der Waals surface area contributed by atoms with E-state index in [2.05, 4.69) is 10.1 Å².